The molecule has 1 saturated carbocycles. The van der Waals surface area contributed by atoms with E-state index in [0.29, 0.717) is 23.0 Å². The Morgan fingerprint density at radius 2 is 1.56 bits per heavy atom. The van der Waals surface area contributed by atoms with Crippen molar-refractivity contribution in [1.82, 2.24) is 9.80 Å². The molecule has 2 saturated heterocycles. The Morgan fingerprint density at radius 3 is 2.23 bits per heavy atom. The van der Waals surface area contributed by atoms with Crippen LogP contribution in [0.25, 0.3) is 0 Å². The molecular weight excluding hydrogens is 493 g/mol. The highest BCUT2D eigenvalue weighted by Crippen LogP contribution is 2.39. The lowest BCUT2D eigenvalue weighted by Gasteiger charge is -2.34. The van der Waals surface area contributed by atoms with Gasteiger partial charge in [0.1, 0.15) is 5.82 Å². The molecule has 0 radical (unpaired) electrons. The molecule has 1 amide bonds. The zero-order chi connectivity index (χ0) is 27.2. The van der Waals surface area contributed by atoms with Crippen LogP contribution < -0.4 is 5.73 Å². The van der Waals surface area contributed by atoms with Crippen LogP contribution in [0, 0.1) is 17.7 Å². The molecule has 2 aliphatic heterocycles. The fraction of sp³-hybridized carbons (Fsp3) is 0.562. The molecule has 0 unspecified atom stereocenters. The summed E-state index contributed by atoms with van der Waals surface area (Å²) >= 11 is 0. The van der Waals surface area contributed by atoms with Gasteiger partial charge in [-0.25, -0.2) is 4.39 Å². The van der Waals surface area contributed by atoms with Crippen molar-refractivity contribution in [1.29, 1.82) is 0 Å². The van der Waals surface area contributed by atoms with Crippen LogP contribution in [0.1, 0.15) is 82.7 Å². The first-order chi connectivity index (χ1) is 19.0. The molecule has 3 fully saturated rings. The molecule has 5 rings (SSSR count). The van der Waals surface area contributed by atoms with Gasteiger partial charge in [-0.3, -0.25) is 14.5 Å². The number of carbonyl (C=O) groups excluding carboxylic acids is 2. The molecule has 6 nitrogen and oxygen atoms in total. The summed E-state index contributed by atoms with van der Waals surface area (Å²) in [6.45, 7) is 7.31. The van der Waals surface area contributed by atoms with Crippen molar-refractivity contribution in [3.63, 3.8) is 0 Å². The van der Waals surface area contributed by atoms with E-state index in [1.165, 1.54) is 37.0 Å². The number of nitrogens with two attached hydrogens (primary N) is 1. The van der Waals surface area contributed by atoms with E-state index in [4.69, 9.17) is 10.5 Å². The van der Waals surface area contributed by atoms with E-state index in [9.17, 15) is 14.0 Å². The van der Waals surface area contributed by atoms with Crippen molar-refractivity contribution in [3.8, 4) is 0 Å². The second-order valence-electron chi connectivity index (χ2n) is 11.7. The van der Waals surface area contributed by atoms with Gasteiger partial charge in [0.2, 0.25) is 5.91 Å². The van der Waals surface area contributed by atoms with Crippen molar-refractivity contribution in [2.75, 3.05) is 45.9 Å². The zero-order valence-corrected chi connectivity index (χ0v) is 23.0. The fourth-order valence-corrected chi connectivity index (χ4v) is 6.69. The van der Waals surface area contributed by atoms with E-state index in [2.05, 4.69) is 21.9 Å². The van der Waals surface area contributed by atoms with Gasteiger partial charge in [0, 0.05) is 36.7 Å². The third-order valence-corrected chi connectivity index (χ3v) is 9.12. The Balaban J connectivity index is 1.08. The number of rotatable bonds is 9. The maximum absolute atomic E-state index is 13.2. The first-order valence-corrected chi connectivity index (χ1v) is 14.7. The van der Waals surface area contributed by atoms with Gasteiger partial charge < -0.3 is 15.4 Å². The predicted octanol–water partition coefficient (Wildman–Crippen LogP) is 5.02. The maximum atomic E-state index is 13.2. The normalized spacial score (nSPS) is 23.5. The van der Waals surface area contributed by atoms with E-state index in [0.717, 1.165) is 83.7 Å². The van der Waals surface area contributed by atoms with Gasteiger partial charge in [0.05, 0.1) is 13.2 Å². The van der Waals surface area contributed by atoms with Crippen molar-refractivity contribution in [3.05, 3.63) is 70.5 Å². The topological polar surface area (TPSA) is 75.9 Å². The third kappa shape index (κ3) is 7.33. The predicted molar refractivity (Wildman–Crippen MR) is 150 cm³/mol. The van der Waals surface area contributed by atoms with Gasteiger partial charge in [-0.1, -0.05) is 12.1 Å². The molecule has 39 heavy (non-hydrogen) atoms. The van der Waals surface area contributed by atoms with Crippen molar-refractivity contribution in [2.24, 2.45) is 17.6 Å². The van der Waals surface area contributed by atoms with Crippen LogP contribution in [0.5, 0.6) is 0 Å². The molecule has 2 N–H and O–H groups in total. The Labute approximate surface area is 231 Å². The van der Waals surface area contributed by atoms with Gasteiger partial charge in [-0.05, 0) is 118 Å². The van der Waals surface area contributed by atoms with Gasteiger partial charge in [-0.15, -0.1) is 0 Å². The first kappa shape index (κ1) is 27.9. The summed E-state index contributed by atoms with van der Waals surface area (Å²) in [7, 11) is 0. The smallest absolute Gasteiger partial charge is 0.248 e. The molecule has 2 aromatic carbocycles. The number of ketones is 1. The minimum absolute atomic E-state index is 0.0422. The average Bonchev–Trinajstić information content (AvgIpc) is 2.97. The Hall–Kier alpha value is -2.61. The third-order valence-electron chi connectivity index (χ3n) is 9.12. The number of morpholine rings is 1. The molecule has 1 aliphatic carbocycles. The van der Waals surface area contributed by atoms with E-state index in [1.54, 1.807) is 12.1 Å². The van der Waals surface area contributed by atoms with Gasteiger partial charge in [0.25, 0.3) is 0 Å². The molecule has 7 heteroatoms. The second-order valence-corrected chi connectivity index (χ2v) is 11.7. The number of benzene rings is 2. The number of likely N-dealkylation sites (tertiary alicyclic amines) is 1. The molecule has 0 aromatic heterocycles. The quantitative estimate of drug-likeness (QED) is 0.457. The number of amides is 1. The maximum Gasteiger partial charge on any atom is 0.248 e. The number of primary amides is 1. The molecule has 2 aromatic rings. The van der Waals surface area contributed by atoms with Crippen LogP contribution in [0.15, 0.2) is 42.5 Å². The molecular formula is C32H42FN3O3. The van der Waals surface area contributed by atoms with Crippen LogP contribution >= 0.6 is 0 Å². The van der Waals surface area contributed by atoms with E-state index in [1.807, 2.05) is 6.07 Å². The molecule has 0 spiro atoms. The zero-order valence-electron chi connectivity index (χ0n) is 23.0. The van der Waals surface area contributed by atoms with Crippen LogP contribution in [-0.2, 0) is 11.3 Å². The second kappa shape index (κ2) is 13.2. The number of nitrogens with zero attached hydrogens (tertiary/aromatic N) is 2. The van der Waals surface area contributed by atoms with Gasteiger partial charge >= 0.3 is 0 Å². The summed E-state index contributed by atoms with van der Waals surface area (Å²) in [5.41, 5.74) is 9.47. The summed E-state index contributed by atoms with van der Waals surface area (Å²) in [5.74, 6) is 0.653. The molecule has 2 heterocycles. The Kier molecular flexibility index (Phi) is 9.43. The highest BCUT2D eigenvalue weighted by molar-refractivity contribution is 5.97. The number of hydrogen-bond acceptors (Lipinski definition) is 5. The Morgan fingerprint density at radius 1 is 0.872 bits per heavy atom. The summed E-state index contributed by atoms with van der Waals surface area (Å²) in [5, 5.41) is 0. The number of ether oxygens (including phenoxy) is 1. The highest BCUT2D eigenvalue weighted by atomic mass is 19.1. The first-order valence-electron chi connectivity index (χ1n) is 14.7. The SMILES string of the molecule is NC(=O)c1ccc(CN2CCOCC2)cc1C1CCC(CCN2CCC(C(=O)c3ccc(F)cc3)CC2)CC1. The number of piperidine rings is 1. The highest BCUT2D eigenvalue weighted by Gasteiger charge is 2.28. The lowest BCUT2D eigenvalue weighted by Crippen LogP contribution is -2.37. The standard InChI is InChI=1S/C32H42FN3O3/c33-28-8-6-26(7-9-28)31(37)27-12-15-35(16-13-27)14-11-23-1-4-25(5-2-23)30-21-24(3-10-29(30)32(34)38)22-36-17-19-39-20-18-36/h3,6-10,21,23,25,27H,1-2,4-5,11-20,22H2,(H2,34,38). The molecule has 3 aliphatic rings. The van der Waals surface area contributed by atoms with Crippen LogP contribution in [0.4, 0.5) is 4.39 Å². The van der Waals surface area contributed by atoms with Gasteiger partial charge in [0.15, 0.2) is 5.78 Å². The molecule has 210 valence electrons. The summed E-state index contributed by atoms with van der Waals surface area (Å²) in [4.78, 5) is 29.9. The van der Waals surface area contributed by atoms with Crippen LogP contribution in [0.3, 0.4) is 0 Å². The monoisotopic (exact) mass is 535 g/mol. The summed E-state index contributed by atoms with van der Waals surface area (Å²) in [6, 6.07) is 12.2. The fourth-order valence-electron chi connectivity index (χ4n) is 6.69. The number of Topliss-reactive ketones (excluding diaryl/α,β-unsaturated/α-hetero) is 1. The lowest BCUT2D eigenvalue weighted by atomic mass is 9.76. The summed E-state index contributed by atoms with van der Waals surface area (Å²) in [6.07, 6.45) is 7.48. The van der Waals surface area contributed by atoms with E-state index < -0.39 is 0 Å². The van der Waals surface area contributed by atoms with E-state index in [-0.39, 0.29) is 23.4 Å². The van der Waals surface area contributed by atoms with Crippen molar-refractivity contribution in [2.45, 2.75) is 57.4 Å². The largest absolute Gasteiger partial charge is 0.379 e. The van der Waals surface area contributed by atoms with Crippen LogP contribution in [0.2, 0.25) is 0 Å². The molecule has 0 atom stereocenters. The lowest BCUT2D eigenvalue weighted by molar-refractivity contribution is 0.0342. The molecule has 0 bridgehead atoms. The van der Waals surface area contributed by atoms with Gasteiger partial charge in [-0.2, -0.15) is 0 Å². The number of halogens is 1. The average molecular weight is 536 g/mol. The Bertz CT molecular complexity index is 1120. The van der Waals surface area contributed by atoms with Crippen LogP contribution in [-0.4, -0.2) is 67.4 Å². The summed E-state index contributed by atoms with van der Waals surface area (Å²) < 4.78 is 18.7. The van der Waals surface area contributed by atoms with Crippen molar-refractivity contribution >= 4 is 11.7 Å². The number of hydrogen-bond donors (Lipinski definition) is 1. The minimum atomic E-state index is -0.327. The van der Waals surface area contributed by atoms with Crippen molar-refractivity contribution < 1.29 is 18.7 Å². The number of carbonyl (C=O) groups is 2. The van der Waals surface area contributed by atoms with E-state index >= 15 is 0 Å². The minimum Gasteiger partial charge on any atom is -0.379 e.